The van der Waals surface area contributed by atoms with Gasteiger partial charge in [0.25, 0.3) is 11.5 Å². The number of hydrogen-bond donors (Lipinski definition) is 1. The zero-order valence-electron chi connectivity index (χ0n) is 23.9. The number of aromatic nitrogens is 2. The summed E-state index contributed by atoms with van der Waals surface area (Å²) in [6.45, 7) is -0.305. The number of rotatable bonds is 9. The van der Waals surface area contributed by atoms with Gasteiger partial charge in [0.2, 0.25) is 5.82 Å². The Bertz CT molecular complexity index is 2140. The number of methoxy groups -OCH3 is 2. The van der Waals surface area contributed by atoms with Crippen LogP contribution in [0.1, 0.15) is 5.56 Å². The summed E-state index contributed by atoms with van der Waals surface area (Å²) < 4.78 is 37.9. The van der Waals surface area contributed by atoms with Crippen LogP contribution in [0.4, 0.5) is 10.1 Å². The highest BCUT2D eigenvalue weighted by Gasteiger charge is 2.18. The number of ether oxygens (including phenoxy) is 3. The maximum atomic E-state index is 13.7. The van der Waals surface area contributed by atoms with Crippen molar-refractivity contribution in [2.75, 3.05) is 26.1 Å². The predicted octanol–water partition coefficient (Wildman–Crippen LogP) is 6.47. The summed E-state index contributed by atoms with van der Waals surface area (Å²) in [6, 6.07) is 23.1. The second-order valence-corrected chi connectivity index (χ2v) is 10.8. The Morgan fingerprint density at radius 3 is 2.56 bits per heavy atom. The Hall–Kier alpha value is -5.24. The molecular formula is C33H24FIN4O6. The fraction of sp³-hybridized carbons (Fsp3) is 0.0909. The number of halogens is 2. The van der Waals surface area contributed by atoms with Crippen molar-refractivity contribution >= 4 is 62.3 Å². The summed E-state index contributed by atoms with van der Waals surface area (Å²) in [7, 11) is 3.05. The van der Waals surface area contributed by atoms with Gasteiger partial charge in [-0.15, -0.1) is 0 Å². The minimum atomic E-state index is -0.427. The molecule has 0 bridgehead atoms. The Labute approximate surface area is 269 Å². The van der Waals surface area contributed by atoms with Gasteiger partial charge in [0, 0.05) is 5.69 Å². The minimum Gasteiger partial charge on any atom is -0.496 e. The van der Waals surface area contributed by atoms with Crippen molar-refractivity contribution < 1.29 is 27.8 Å². The second kappa shape index (κ2) is 12.8. The highest BCUT2D eigenvalue weighted by Crippen LogP contribution is 2.35. The number of hydrogen-bond acceptors (Lipinski definition) is 8. The molecule has 6 aromatic rings. The largest absolute Gasteiger partial charge is 0.496 e. The average Bonchev–Trinajstić information content (AvgIpc) is 3.49. The van der Waals surface area contributed by atoms with Gasteiger partial charge >= 0.3 is 0 Å². The molecule has 0 radical (unpaired) electrons. The van der Waals surface area contributed by atoms with Crippen LogP contribution in [0.2, 0.25) is 0 Å². The fourth-order valence-electron chi connectivity index (χ4n) is 4.66. The summed E-state index contributed by atoms with van der Waals surface area (Å²) in [5.74, 6) is 1.05. The average molecular weight is 718 g/mol. The molecule has 1 amide bonds. The van der Waals surface area contributed by atoms with E-state index < -0.39 is 11.7 Å². The lowest BCUT2D eigenvalue weighted by molar-refractivity contribution is -0.118. The number of fused-ring (bicyclic) bond motifs is 2. The molecule has 0 aliphatic heterocycles. The molecule has 6 rings (SSSR count). The molecular weight excluding hydrogens is 694 g/mol. The van der Waals surface area contributed by atoms with Crippen molar-refractivity contribution in [3.05, 3.63) is 110 Å². The molecule has 0 fully saturated rings. The van der Waals surface area contributed by atoms with Gasteiger partial charge in [-0.25, -0.2) is 9.37 Å². The molecule has 10 nitrogen and oxygen atoms in total. The molecule has 0 aliphatic carbocycles. The van der Waals surface area contributed by atoms with Crippen LogP contribution in [-0.4, -0.2) is 42.6 Å². The van der Waals surface area contributed by atoms with E-state index in [4.69, 9.17) is 23.6 Å². The predicted molar refractivity (Wildman–Crippen MR) is 177 cm³/mol. The van der Waals surface area contributed by atoms with E-state index in [9.17, 15) is 14.0 Å². The number of nitrogens with one attached hydrogen (secondary N) is 1. The number of para-hydroxylation sites is 1. The van der Waals surface area contributed by atoms with E-state index in [-0.39, 0.29) is 18.0 Å². The molecule has 0 unspecified atom stereocenters. The van der Waals surface area contributed by atoms with E-state index in [1.165, 1.54) is 42.3 Å². The zero-order valence-corrected chi connectivity index (χ0v) is 26.1. The number of furan rings is 1. The van der Waals surface area contributed by atoms with Gasteiger partial charge in [-0.1, -0.05) is 18.2 Å². The van der Waals surface area contributed by atoms with Gasteiger partial charge in [-0.3, -0.25) is 9.59 Å². The lowest BCUT2D eigenvalue weighted by atomic mass is 10.2. The SMILES string of the molecule is COc1cc(C=Nn2c(-c3cc4c(OC)cccc4o3)nc3ccccc3c2=O)cc(I)c1OCC(=O)Nc1ccc(F)cc1. The van der Waals surface area contributed by atoms with E-state index in [1.54, 1.807) is 55.6 Å². The Balaban J connectivity index is 1.32. The van der Waals surface area contributed by atoms with Crippen molar-refractivity contribution in [2.45, 2.75) is 0 Å². The second-order valence-electron chi connectivity index (χ2n) is 9.67. The Morgan fingerprint density at radius 2 is 1.78 bits per heavy atom. The third kappa shape index (κ3) is 6.22. The van der Waals surface area contributed by atoms with Crippen LogP contribution in [0.5, 0.6) is 17.2 Å². The highest BCUT2D eigenvalue weighted by atomic mass is 127. The number of carbonyl (C=O) groups excluding carboxylic acids is 1. The summed E-state index contributed by atoms with van der Waals surface area (Å²) in [4.78, 5) is 30.8. The molecule has 2 heterocycles. The number of nitrogens with zero attached hydrogens (tertiary/aromatic N) is 3. The number of anilines is 1. The maximum Gasteiger partial charge on any atom is 0.282 e. The summed E-state index contributed by atoms with van der Waals surface area (Å²) in [6.07, 6.45) is 1.50. The normalized spacial score (nSPS) is 11.3. The van der Waals surface area contributed by atoms with E-state index in [0.29, 0.717) is 54.3 Å². The van der Waals surface area contributed by atoms with E-state index in [0.717, 1.165) is 5.39 Å². The molecule has 2 aromatic heterocycles. The van der Waals surface area contributed by atoms with Crippen LogP contribution in [0.15, 0.2) is 99.2 Å². The zero-order chi connectivity index (χ0) is 31.5. The first-order valence-electron chi connectivity index (χ1n) is 13.5. The Kier molecular flexibility index (Phi) is 8.47. The molecule has 45 heavy (non-hydrogen) atoms. The van der Waals surface area contributed by atoms with Crippen molar-refractivity contribution in [3.63, 3.8) is 0 Å². The summed E-state index contributed by atoms with van der Waals surface area (Å²) in [5, 5.41) is 8.29. The smallest absolute Gasteiger partial charge is 0.282 e. The molecule has 0 saturated heterocycles. The minimum absolute atomic E-state index is 0.210. The topological polar surface area (TPSA) is 117 Å². The van der Waals surface area contributed by atoms with Crippen LogP contribution < -0.4 is 25.1 Å². The molecule has 0 spiro atoms. The van der Waals surface area contributed by atoms with Crippen LogP contribution in [0, 0.1) is 9.39 Å². The van der Waals surface area contributed by atoms with Crippen molar-refractivity contribution in [1.29, 1.82) is 0 Å². The first-order valence-corrected chi connectivity index (χ1v) is 14.6. The molecule has 4 aromatic carbocycles. The van der Waals surface area contributed by atoms with Crippen LogP contribution >= 0.6 is 22.6 Å². The standard InChI is InChI=1S/C33H24FIN4O6/c1-42-26-8-5-9-27-23(26)16-29(45-27)32-38-25-7-4-3-6-22(25)33(41)39(32)36-17-19-14-24(35)31(28(15-19)43-2)44-18-30(40)37-21-12-10-20(34)11-13-21/h3-17H,18H2,1-2H3,(H,37,40). The van der Waals surface area contributed by atoms with Crippen LogP contribution in [0.3, 0.4) is 0 Å². The van der Waals surface area contributed by atoms with Gasteiger partial charge in [0.05, 0.1) is 40.3 Å². The molecule has 0 saturated carbocycles. The summed E-state index contributed by atoms with van der Waals surface area (Å²) in [5.41, 5.74) is 1.73. The number of benzene rings is 4. The molecule has 0 aliphatic rings. The van der Waals surface area contributed by atoms with Crippen molar-refractivity contribution in [3.8, 4) is 28.8 Å². The highest BCUT2D eigenvalue weighted by molar-refractivity contribution is 14.1. The fourth-order valence-corrected chi connectivity index (χ4v) is 5.44. The number of carbonyl (C=O) groups is 1. The van der Waals surface area contributed by atoms with Gasteiger partial charge < -0.3 is 23.9 Å². The third-order valence-corrected chi connectivity index (χ3v) is 7.57. The van der Waals surface area contributed by atoms with Gasteiger partial charge in [-0.05, 0) is 94.9 Å². The lowest BCUT2D eigenvalue weighted by Gasteiger charge is -2.13. The first kappa shape index (κ1) is 29.8. The third-order valence-electron chi connectivity index (χ3n) is 6.77. The molecule has 12 heteroatoms. The maximum absolute atomic E-state index is 13.7. The van der Waals surface area contributed by atoms with Gasteiger partial charge in [-0.2, -0.15) is 9.78 Å². The van der Waals surface area contributed by atoms with E-state index >= 15 is 0 Å². The van der Waals surface area contributed by atoms with Gasteiger partial charge in [0.15, 0.2) is 23.9 Å². The first-order chi connectivity index (χ1) is 21.8. The molecule has 1 N–H and O–H groups in total. The van der Waals surface area contributed by atoms with Crippen molar-refractivity contribution in [1.82, 2.24) is 9.66 Å². The van der Waals surface area contributed by atoms with Crippen molar-refractivity contribution in [2.24, 2.45) is 5.10 Å². The lowest BCUT2D eigenvalue weighted by Crippen LogP contribution is -2.21. The Morgan fingerprint density at radius 1 is 1.00 bits per heavy atom. The molecule has 0 atom stereocenters. The monoisotopic (exact) mass is 718 g/mol. The van der Waals surface area contributed by atoms with Crippen LogP contribution in [-0.2, 0) is 4.79 Å². The van der Waals surface area contributed by atoms with Gasteiger partial charge in [0.1, 0.15) is 17.1 Å². The summed E-state index contributed by atoms with van der Waals surface area (Å²) >= 11 is 2.06. The van der Waals surface area contributed by atoms with Crippen LogP contribution in [0.25, 0.3) is 33.5 Å². The number of amides is 1. The molecule has 226 valence electrons. The van der Waals surface area contributed by atoms with E-state index in [1.807, 2.05) is 12.1 Å². The van der Waals surface area contributed by atoms with E-state index in [2.05, 4.69) is 33.0 Å². The quantitative estimate of drug-likeness (QED) is 0.135.